The van der Waals surface area contributed by atoms with E-state index in [0.29, 0.717) is 17.0 Å². The van der Waals surface area contributed by atoms with E-state index in [4.69, 9.17) is 0 Å². The van der Waals surface area contributed by atoms with Crippen molar-refractivity contribution >= 4 is 11.4 Å². The lowest BCUT2D eigenvalue weighted by molar-refractivity contribution is 0.172. The summed E-state index contributed by atoms with van der Waals surface area (Å²) in [5.41, 5.74) is 5.43. The van der Waals surface area contributed by atoms with Gasteiger partial charge in [-0.25, -0.2) is 4.39 Å². The Morgan fingerprint density at radius 3 is 2.60 bits per heavy atom. The Morgan fingerprint density at radius 1 is 1.25 bits per heavy atom. The molecule has 0 aromatic heterocycles. The van der Waals surface area contributed by atoms with Crippen LogP contribution in [0.15, 0.2) is 51.9 Å². The van der Waals surface area contributed by atoms with E-state index in [2.05, 4.69) is 15.6 Å². The van der Waals surface area contributed by atoms with Crippen molar-refractivity contribution in [2.45, 2.75) is 33.0 Å². The molecule has 4 nitrogen and oxygen atoms in total. The molecule has 1 aromatic rings. The molecule has 0 fully saturated rings. The highest BCUT2D eigenvalue weighted by molar-refractivity contribution is 6.17. The SMILES string of the molecule is CC1=NN(C(C)C)C2NN=C(c3ccccc3)C(F)=C12. The summed E-state index contributed by atoms with van der Waals surface area (Å²) < 4.78 is 14.8. The molecule has 1 aromatic carbocycles. The van der Waals surface area contributed by atoms with E-state index in [1.54, 1.807) is 0 Å². The fourth-order valence-electron chi connectivity index (χ4n) is 2.52. The number of hydrogen-bond donors (Lipinski definition) is 1. The minimum absolute atomic E-state index is 0.182. The second-order valence-corrected chi connectivity index (χ2v) is 5.24. The van der Waals surface area contributed by atoms with Gasteiger partial charge in [-0.1, -0.05) is 30.3 Å². The number of rotatable bonds is 2. The van der Waals surface area contributed by atoms with Crippen LogP contribution in [0.2, 0.25) is 0 Å². The van der Waals surface area contributed by atoms with Gasteiger partial charge >= 0.3 is 0 Å². The van der Waals surface area contributed by atoms with Crippen molar-refractivity contribution in [3.63, 3.8) is 0 Å². The molecule has 0 amide bonds. The Hall–Kier alpha value is -2.17. The molecule has 104 valence electrons. The van der Waals surface area contributed by atoms with Crippen LogP contribution < -0.4 is 5.43 Å². The first kappa shape index (κ1) is 12.8. The molecule has 0 bridgehead atoms. The highest BCUT2D eigenvalue weighted by atomic mass is 19.1. The third-order valence-electron chi connectivity index (χ3n) is 3.51. The van der Waals surface area contributed by atoms with E-state index in [9.17, 15) is 4.39 Å². The maximum atomic E-state index is 14.8. The minimum atomic E-state index is -0.303. The maximum absolute atomic E-state index is 14.8. The fraction of sp³-hybridized carbons (Fsp3) is 0.333. The van der Waals surface area contributed by atoms with Crippen LogP contribution in [0, 0.1) is 0 Å². The number of nitrogens with zero attached hydrogens (tertiary/aromatic N) is 3. The van der Waals surface area contributed by atoms with E-state index in [0.717, 1.165) is 5.56 Å². The van der Waals surface area contributed by atoms with E-state index in [-0.39, 0.29) is 18.0 Å². The summed E-state index contributed by atoms with van der Waals surface area (Å²) in [7, 11) is 0. The minimum Gasteiger partial charge on any atom is -0.281 e. The van der Waals surface area contributed by atoms with Crippen LogP contribution in [0.3, 0.4) is 0 Å². The van der Waals surface area contributed by atoms with Gasteiger partial charge in [-0.2, -0.15) is 10.2 Å². The van der Waals surface area contributed by atoms with Crippen LogP contribution in [0.4, 0.5) is 4.39 Å². The van der Waals surface area contributed by atoms with Crippen molar-refractivity contribution < 1.29 is 4.39 Å². The highest BCUT2D eigenvalue weighted by Crippen LogP contribution is 2.30. The molecule has 2 aliphatic heterocycles. The molecule has 0 saturated heterocycles. The molecule has 0 radical (unpaired) electrons. The van der Waals surface area contributed by atoms with E-state index >= 15 is 0 Å². The molecule has 1 unspecified atom stereocenters. The van der Waals surface area contributed by atoms with Crippen molar-refractivity contribution in [2.24, 2.45) is 10.2 Å². The third-order valence-corrected chi connectivity index (χ3v) is 3.51. The lowest BCUT2D eigenvalue weighted by Crippen LogP contribution is -2.45. The second-order valence-electron chi connectivity index (χ2n) is 5.24. The number of nitrogens with one attached hydrogen (secondary N) is 1. The second kappa shape index (κ2) is 4.74. The predicted octanol–water partition coefficient (Wildman–Crippen LogP) is 2.64. The molecule has 1 atom stereocenters. The Kier molecular flexibility index (Phi) is 3.04. The summed E-state index contributed by atoms with van der Waals surface area (Å²) in [5, 5.41) is 10.5. The summed E-state index contributed by atoms with van der Waals surface area (Å²) >= 11 is 0. The van der Waals surface area contributed by atoms with Crippen molar-refractivity contribution in [1.29, 1.82) is 0 Å². The Morgan fingerprint density at radius 2 is 1.95 bits per heavy atom. The maximum Gasteiger partial charge on any atom is 0.162 e. The smallest absolute Gasteiger partial charge is 0.162 e. The Balaban J connectivity index is 2.02. The van der Waals surface area contributed by atoms with Gasteiger partial charge in [0.25, 0.3) is 0 Å². The van der Waals surface area contributed by atoms with Crippen molar-refractivity contribution in [2.75, 3.05) is 0 Å². The predicted molar refractivity (Wildman–Crippen MR) is 78.1 cm³/mol. The summed E-state index contributed by atoms with van der Waals surface area (Å²) in [6.45, 7) is 5.88. The molecule has 20 heavy (non-hydrogen) atoms. The lowest BCUT2D eigenvalue weighted by Gasteiger charge is -2.30. The van der Waals surface area contributed by atoms with Gasteiger partial charge in [0.05, 0.1) is 11.3 Å². The number of allylic oxidation sites excluding steroid dienone is 1. The molecule has 0 saturated carbocycles. The van der Waals surface area contributed by atoms with Crippen LogP contribution in [-0.4, -0.2) is 28.6 Å². The van der Waals surface area contributed by atoms with E-state index in [1.807, 2.05) is 56.1 Å². The zero-order chi connectivity index (χ0) is 14.3. The molecule has 5 heteroatoms. The Bertz CT molecular complexity index is 616. The monoisotopic (exact) mass is 272 g/mol. The number of halogens is 1. The Labute approximate surface area is 117 Å². The summed E-state index contributed by atoms with van der Waals surface area (Å²) in [5.74, 6) is -0.288. The normalized spacial score (nSPS) is 21.6. The van der Waals surface area contributed by atoms with Crippen LogP contribution in [0.25, 0.3) is 0 Å². The van der Waals surface area contributed by atoms with Crippen LogP contribution in [0.1, 0.15) is 26.3 Å². The van der Waals surface area contributed by atoms with E-state index in [1.165, 1.54) is 0 Å². The largest absolute Gasteiger partial charge is 0.281 e. The van der Waals surface area contributed by atoms with Crippen LogP contribution in [-0.2, 0) is 0 Å². The van der Waals surface area contributed by atoms with Crippen LogP contribution in [0.5, 0.6) is 0 Å². The van der Waals surface area contributed by atoms with Gasteiger partial charge in [0.2, 0.25) is 0 Å². The molecular weight excluding hydrogens is 255 g/mol. The average molecular weight is 272 g/mol. The van der Waals surface area contributed by atoms with Gasteiger partial charge in [0.15, 0.2) is 12.0 Å². The topological polar surface area (TPSA) is 40.0 Å². The number of hydrogen-bond acceptors (Lipinski definition) is 4. The first-order chi connectivity index (χ1) is 9.59. The standard InChI is InChI=1S/C15H17FN4/c1-9(2)20-15-12(10(3)19-20)13(16)14(17-18-15)11-7-5-4-6-8-11/h4-9,15,18H,1-3H3. The highest BCUT2D eigenvalue weighted by Gasteiger charge is 2.38. The lowest BCUT2D eigenvalue weighted by atomic mass is 10.0. The van der Waals surface area contributed by atoms with Gasteiger partial charge in [-0.3, -0.25) is 10.4 Å². The average Bonchev–Trinajstić information content (AvgIpc) is 2.78. The van der Waals surface area contributed by atoms with E-state index < -0.39 is 0 Å². The number of benzene rings is 1. The van der Waals surface area contributed by atoms with Crippen molar-refractivity contribution in [3.05, 3.63) is 47.3 Å². The molecule has 1 N–H and O–H groups in total. The first-order valence-electron chi connectivity index (χ1n) is 6.72. The summed E-state index contributed by atoms with van der Waals surface area (Å²) in [6, 6.07) is 9.53. The molecular formula is C15H17FN4. The molecule has 2 aliphatic rings. The zero-order valence-electron chi connectivity index (χ0n) is 11.8. The third kappa shape index (κ3) is 1.90. The summed E-state index contributed by atoms with van der Waals surface area (Å²) in [4.78, 5) is 0. The van der Waals surface area contributed by atoms with Gasteiger partial charge < -0.3 is 0 Å². The number of hydrazone groups is 2. The molecule has 2 heterocycles. The first-order valence-corrected chi connectivity index (χ1v) is 6.72. The molecule has 3 rings (SSSR count). The van der Waals surface area contributed by atoms with Crippen molar-refractivity contribution in [3.8, 4) is 0 Å². The zero-order valence-corrected chi connectivity index (χ0v) is 11.8. The van der Waals surface area contributed by atoms with Gasteiger partial charge in [-0.05, 0) is 20.8 Å². The molecule has 0 aliphatic carbocycles. The van der Waals surface area contributed by atoms with Crippen LogP contribution >= 0.6 is 0 Å². The van der Waals surface area contributed by atoms with Gasteiger partial charge in [0.1, 0.15) is 5.71 Å². The van der Waals surface area contributed by atoms with Gasteiger partial charge in [0, 0.05) is 11.6 Å². The fourth-order valence-corrected chi connectivity index (χ4v) is 2.52. The summed E-state index contributed by atoms with van der Waals surface area (Å²) in [6.07, 6.45) is -0.303. The molecule has 0 spiro atoms. The van der Waals surface area contributed by atoms with Gasteiger partial charge in [-0.15, -0.1) is 0 Å². The quantitative estimate of drug-likeness (QED) is 0.899. The number of fused-ring (bicyclic) bond motifs is 1. The van der Waals surface area contributed by atoms with Crippen molar-refractivity contribution in [1.82, 2.24) is 10.4 Å².